The molecule has 1 N–H and O–H groups in total. The zero-order chi connectivity index (χ0) is 44.1. The Morgan fingerprint density at radius 2 is 1.07 bits per heavy atom. The molecule has 0 aliphatic carbocycles. The summed E-state index contributed by atoms with van der Waals surface area (Å²) in [6.07, 6.45) is 7.41. The number of sulfonamides is 1. The molecule has 6 fully saturated rings. The summed E-state index contributed by atoms with van der Waals surface area (Å²) >= 11 is 24.2. The lowest BCUT2D eigenvalue weighted by Gasteiger charge is -2.53. The molecular weight excluding hydrogens is 934 g/mol. The highest BCUT2D eigenvalue weighted by atomic mass is 35.7. The van der Waals surface area contributed by atoms with Crippen LogP contribution in [0.2, 0.25) is 20.1 Å². The second-order valence-electron chi connectivity index (χ2n) is 16.4. The van der Waals surface area contributed by atoms with E-state index in [0.29, 0.717) is 59.5 Å². The van der Waals surface area contributed by atoms with Crippen LogP contribution in [0.5, 0.6) is 0 Å². The van der Waals surface area contributed by atoms with E-state index in [1.807, 2.05) is 11.0 Å². The molecule has 14 nitrogen and oxygen atoms in total. The minimum atomic E-state index is -3.40. The van der Waals surface area contributed by atoms with E-state index in [9.17, 15) is 26.4 Å². The molecule has 0 spiro atoms. The van der Waals surface area contributed by atoms with Crippen molar-refractivity contribution in [2.45, 2.75) is 74.8 Å². The monoisotopic (exact) mass is 986 g/mol. The van der Waals surface area contributed by atoms with Crippen molar-refractivity contribution in [1.29, 1.82) is 0 Å². The topological polar surface area (TPSA) is 149 Å². The van der Waals surface area contributed by atoms with Crippen LogP contribution < -0.4 is 5.32 Å². The third-order valence-corrected chi connectivity index (χ3v) is 14.9. The van der Waals surface area contributed by atoms with Crippen LogP contribution in [0.25, 0.3) is 0 Å². The normalized spacial score (nSPS) is 27.6. The minimum absolute atomic E-state index is 0.00597. The maximum atomic E-state index is 13.4. The van der Waals surface area contributed by atoms with E-state index in [4.69, 9.17) is 55.9 Å². The van der Waals surface area contributed by atoms with Crippen LogP contribution in [0, 0.1) is 0 Å². The van der Waals surface area contributed by atoms with E-state index < -0.39 is 19.1 Å². The van der Waals surface area contributed by atoms with Gasteiger partial charge in [-0.2, -0.15) is 4.31 Å². The molecule has 6 atom stereocenters. The van der Waals surface area contributed by atoms with Crippen LogP contribution in [0.15, 0.2) is 36.4 Å². The van der Waals surface area contributed by atoms with Crippen LogP contribution in [-0.2, 0) is 51.0 Å². The Kier molecular flexibility index (Phi) is 17.4. The minimum Gasteiger partial charge on any atom is -0.378 e. The predicted molar refractivity (Wildman–Crippen MR) is 240 cm³/mol. The summed E-state index contributed by atoms with van der Waals surface area (Å²) in [6.45, 7) is 8.50. The first-order valence-electron chi connectivity index (χ1n) is 20.6. The lowest BCUT2D eigenvalue weighted by Crippen LogP contribution is -2.72. The van der Waals surface area contributed by atoms with E-state index in [1.54, 1.807) is 30.3 Å². The lowest BCUT2D eigenvalue weighted by atomic mass is 9.92. The van der Waals surface area contributed by atoms with Gasteiger partial charge in [-0.3, -0.25) is 19.4 Å². The number of carbonyl (C=O) groups is 2. The second-order valence-corrected chi connectivity index (χ2v) is 23.0. The van der Waals surface area contributed by atoms with Gasteiger partial charge in [-0.1, -0.05) is 58.5 Å². The molecule has 6 heterocycles. The van der Waals surface area contributed by atoms with E-state index in [2.05, 4.69) is 30.7 Å². The quantitative estimate of drug-likeness (QED) is 0.397. The highest BCUT2D eigenvalue weighted by Gasteiger charge is 2.50. The standard InChI is InChI=1S/C20H27Cl2N3O4S.C19H25Cl2N3O2.CH3ClO2S/c1-30(27,28)25-9-8-24(19(26)11-14-4-5-15(21)16(22)10-14)20-17(12-29-13-18(20)25)23-6-2-3-7-23;20-14-4-3-13(9-15(14)21)10-18(25)24-8-5-22-16-11-26-12-17(19(16)24)23-6-1-2-7-23;1-5(2,3)4/h4-5,10,17-18,20H,2-3,6-9,11-13H2,1H3;3-4,9,16-17,19,22H,1-2,5-8,10-12H2;1H3/t17-,18+,20+;16-,17+,19+;/m01./s1. The molecule has 340 valence electrons. The fourth-order valence-electron chi connectivity index (χ4n) is 9.49. The molecule has 2 aromatic rings. The number of ether oxygens (including phenoxy) is 2. The van der Waals surface area contributed by atoms with Gasteiger partial charge in [0.05, 0.1) is 108 Å². The summed E-state index contributed by atoms with van der Waals surface area (Å²) < 4.78 is 56.9. The summed E-state index contributed by atoms with van der Waals surface area (Å²) in [5, 5.41) is 5.44. The summed E-state index contributed by atoms with van der Waals surface area (Å²) in [7, 11) is -2.09. The van der Waals surface area contributed by atoms with Gasteiger partial charge in [-0.05, 0) is 87.3 Å². The SMILES string of the molecule is CS(=O)(=O)Cl.CS(=O)(=O)N1CCN(C(=O)Cc2ccc(Cl)c(Cl)c2)[C@H]2[C@H]1COC[C@@H]2N1CCCC1.O=C(Cc1ccc(Cl)c(Cl)c1)N1CCN[C@@H]2COC[C@H](N3CCCC3)[C@H]21. The van der Waals surface area contributed by atoms with Gasteiger partial charge in [-0.25, -0.2) is 16.8 Å². The highest BCUT2D eigenvalue weighted by Crippen LogP contribution is 2.32. The van der Waals surface area contributed by atoms with Gasteiger partial charge < -0.3 is 24.6 Å². The smallest absolute Gasteiger partial charge is 0.229 e. The molecule has 2 aromatic carbocycles. The highest BCUT2D eigenvalue weighted by molar-refractivity contribution is 8.13. The number of hydrogen-bond donors (Lipinski definition) is 1. The Morgan fingerprint density at radius 3 is 1.54 bits per heavy atom. The fourth-order valence-corrected chi connectivity index (χ4v) is 11.2. The molecular formula is C40H55Cl5N6O8S2. The van der Waals surface area contributed by atoms with Gasteiger partial charge in [0.1, 0.15) is 0 Å². The maximum Gasteiger partial charge on any atom is 0.229 e. The number of hydrogen-bond acceptors (Lipinski definition) is 11. The first kappa shape index (κ1) is 48.9. The number of nitrogens with one attached hydrogen (secondary N) is 1. The lowest BCUT2D eigenvalue weighted by molar-refractivity contribution is -0.147. The van der Waals surface area contributed by atoms with Gasteiger partial charge >= 0.3 is 0 Å². The molecule has 8 rings (SSSR count). The molecule has 0 bridgehead atoms. The van der Waals surface area contributed by atoms with E-state index in [-0.39, 0.29) is 61.0 Å². The largest absolute Gasteiger partial charge is 0.378 e. The fraction of sp³-hybridized carbons (Fsp3) is 0.650. The summed E-state index contributed by atoms with van der Waals surface area (Å²) in [5.74, 6) is 0.133. The average Bonchev–Trinajstić information content (AvgIpc) is 3.95. The zero-order valence-corrected chi connectivity index (χ0v) is 39.8. The molecule has 0 radical (unpaired) electrons. The Balaban J connectivity index is 0.000000185. The van der Waals surface area contributed by atoms with Crippen molar-refractivity contribution in [3.63, 3.8) is 0 Å². The van der Waals surface area contributed by atoms with Gasteiger partial charge in [0.15, 0.2) is 0 Å². The second kappa shape index (κ2) is 21.7. The van der Waals surface area contributed by atoms with Gasteiger partial charge in [-0.15, -0.1) is 0 Å². The molecule has 6 aliphatic rings. The summed E-state index contributed by atoms with van der Waals surface area (Å²) in [6, 6.07) is 10.7. The number of likely N-dealkylation sites (tertiary alicyclic amines) is 2. The number of piperazine rings is 2. The third kappa shape index (κ3) is 13.1. The first-order valence-corrected chi connectivity index (χ1v) is 26.7. The van der Waals surface area contributed by atoms with Crippen LogP contribution in [0.3, 0.4) is 0 Å². The van der Waals surface area contributed by atoms with Crippen LogP contribution in [-0.4, -0.2) is 180 Å². The number of rotatable bonds is 7. The summed E-state index contributed by atoms with van der Waals surface area (Å²) in [5.41, 5.74) is 1.70. The Bertz CT molecular complexity index is 2070. The molecule has 61 heavy (non-hydrogen) atoms. The number of carbonyl (C=O) groups excluding carboxylic acids is 2. The number of amides is 2. The van der Waals surface area contributed by atoms with Crippen molar-refractivity contribution >= 4 is 88.0 Å². The van der Waals surface area contributed by atoms with Crippen molar-refractivity contribution in [3.05, 3.63) is 67.6 Å². The van der Waals surface area contributed by atoms with Gasteiger partial charge in [0, 0.05) is 36.9 Å². The van der Waals surface area contributed by atoms with Crippen molar-refractivity contribution in [2.75, 3.05) is 91.3 Å². The van der Waals surface area contributed by atoms with Crippen LogP contribution in [0.1, 0.15) is 36.8 Å². The molecule has 0 saturated carbocycles. The predicted octanol–water partition coefficient (Wildman–Crippen LogP) is 4.26. The zero-order valence-electron chi connectivity index (χ0n) is 34.4. The molecule has 2 amide bonds. The maximum absolute atomic E-state index is 13.4. The van der Waals surface area contributed by atoms with Gasteiger partial charge in [0.25, 0.3) is 0 Å². The van der Waals surface area contributed by atoms with E-state index in [1.165, 1.54) is 23.4 Å². The first-order chi connectivity index (χ1) is 28.9. The number of halogens is 5. The molecule has 21 heteroatoms. The van der Waals surface area contributed by atoms with Crippen LogP contribution >= 0.6 is 57.1 Å². The molecule has 0 aromatic heterocycles. The number of fused-ring (bicyclic) bond motifs is 2. The van der Waals surface area contributed by atoms with Gasteiger partial charge in [0.2, 0.25) is 30.9 Å². The Labute approximate surface area is 384 Å². The molecule has 0 unspecified atom stereocenters. The Morgan fingerprint density at radius 1 is 0.623 bits per heavy atom. The average molecular weight is 989 g/mol. The van der Waals surface area contributed by atoms with E-state index in [0.717, 1.165) is 69.5 Å². The molecule has 6 saturated heterocycles. The van der Waals surface area contributed by atoms with Crippen molar-refractivity contribution < 1.29 is 35.9 Å². The van der Waals surface area contributed by atoms with E-state index >= 15 is 0 Å². The molecule has 6 aliphatic heterocycles. The van der Waals surface area contributed by atoms with Crippen molar-refractivity contribution in [3.8, 4) is 0 Å². The third-order valence-electron chi connectivity index (χ3n) is 12.1. The summed E-state index contributed by atoms with van der Waals surface area (Å²) in [4.78, 5) is 35.3. The number of nitrogens with zero attached hydrogens (tertiary/aromatic N) is 5. The number of benzene rings is 2. The van der Waals surface area contributed by atoms with Crippen LogP contribution in [0.4, 0.5) is 0 Å². The van der Waals surface area contributed by atoms with Crippen molar-refractivity contribution in [2.24, 2.45) is 0 Å². The Hall–Kier alpha value is -1.51. The van der Waals surface area contributed by atoms with Crippen molar-refractivity contribution in [1.82, 2.24) is 29.2 Å².